The van der Waals surface area contributed by atoms with E-state index >= 15 is 0 Å². The van der Waals surface area contributed by atoms with Crippen LogP contribution in [-0.2, 0) is 4.74 Å². The molecule has 0 aromatic carbocycles. The Morgan fingerprint density at radius 3 is 2.82 bits per heavy atom. The van der Waals surface area contributed by atoms with Gasteiger partial charge in [0.25, 0.3) is 0 Å². The third kappa shape index (κ3) is 3.97. The summed E-state index contributed by atoms with van der Waals surface area (Å²) >= 11 is 10.9. The van der Waals surface area contributed by atoms with Crippen LogP contribution in [-0.4, -0.2) is 29.5 Å². The van der Waals surface area contributed by atoms with Crippen molar-refractivity contribution in [2.75, 3.05) is 13.7 Å². The summed E-state index contributed by atoms with van der Waals surface area (Å²) in [7, 11) is 1.22. The maximum absolute atomic E-state index is 10.6. The van der Waals surface area contributed by atoms with Crippen LogP contribution in [0.15, 0.2) is 0 Å². The van der Waals surface area contributed by atoms with Gasteiger partial charge in [-0.05, 0) is 0 Å². The third-order valence-electron chi connectivity index (χ3n) is 0.874. The summed E-state index contributed by atoms with van der Waals surface area (Å²) in [4.78, 5) is 10.6. The number of methoxy groups -OCH3 is 1. The van der Waals surface area contributed by atoms with Crippen LogP contribution in [0.25, 0.3) is 0 Å². The predicted molar refractivity (Wildman–Crippen MR) is 43.4 cm³/mol. The molecule has 0 bridgehead atoms. The number of hydrogen-bond acceptors (Lipinski definition) is 2. The van der Waals surface area contributed by atoms with E-state index in [2.05, 4.69) is 10.7 Å². The van der Waals surface area contributed by atoms with Crippen molar-refractivity contribution in [2.24, 2.45) is 0 Å². The molecule has 3 nitrogen and oxygen atoms in total. The van der Waals surface area contributed by atoms with Crippen LogP contribution in [0.1, 0.15) is 0 Å². The van der Waals surface area contributed by atoms with Gasteiger partial charge in [-0.1, -0.05) is 5.92 Å². The van der Waals surface area contributed by atoms with Gasteiger partial charge >= 0.3 is 6.09 Å². The van der Waals surface area contributed by atoms with Crippen molar-refractivity contribution in [1.29, 1.82) is 0 Å². The quantitative estimate of drug-likeness (QED) is 0.380. The largest absolute Gasteiger partial charge is 0.452 e. The highest BCUT2D eigenvalue weighted by molar-refractivity contribution is 6.24. The van der Waals surface area contributed by atoms with Gasteiger partial charge in [0, 0.05) is 11.8 Å². The Kier molecular flexibility index (Phi) is 4.84. The summed E-state index contributed by atoms with van der Waals surface area (Å²) < 4.78 is 5.07. The van der Waals surface area contributed by atoms with Crippen molar-refractivity contribution in [3.63, 3.8) is 0 Å². The average Bonchev–Trinajstić information content (AvgIpc) is 2.02. The monoisotopic (exact) mass is 195 g/mol. The van der Waals surface area contributed by atoms with E-state index < -0.39 is 11.5 Å². The number of halogens is 2. The first-order valence-electron chi connectivity index (χ1n) is 2.73. The molecule has 0 spiro atoms. The zero-order valence-electron chi connectivity index (χ0n) is 5.88. The molecular weight excluding hydrogens is 189 g/mol. The molecule has 0 aliphatic rings. The fourth-order valence-electron chi connectivity index (χ4n) is 0.367. The van der Waals surface area contributed by atoms with Gasteiger partial charge in [0.15, 0.2) is 0 Å². The minimum absolute atomic E-state index is 0.0618. The highest BCUT2D eigenvalue weighted by atomic mass is 35.5. The molecule has 0 heterocycles. The number of carbonyl (C=O) groups excluding carboxylic acids is 1. The lowest BCUT2D eigenvalue weighted by atomic mass is 10.4. The Labute approximate surface area is 75.3 Å². The van der Waals surface area contributed by atoms with Gasteiger partial charge in [0.05, 0.1) is 13.7 Å². The minimum atomic E-state index is -0.674. The summed E-state index contributed by atoms with van der Waals surface area (Å²) in [6, 6.07) is 0. The number of amides is 1. The Bertz CT molecular complexity index is 178. The summed E-state index contributed by atoms with van der Waals surface area (Å²) in [5.41, 5.74) is 0. The maximum Gasteiger partial charge on any atom is 0.424 e. The van der Waals surface area contributed by atoms with E-state index in [0.29, 0.717) is 0 Å². The summed E-state index contributed by atoms with van der Waals surface area (Å²) in [6.45, 7) is 0.0618. The number of nitrogens with zero attached hydrogens (tertiary/aromatic N) is 1. The van der Waals surface area contributed by atoms with Crippen molar-refractivity contribution < 1.29 is 9.53 Å². The van der Waals surface area contributed by atoms with E-state index in [0.717, 1.165) is 4.42 Å². The fourth-order valence-corrected chi connectivity index (χ4v) is 0.783. The first-order chi connectivity index (χ1) is 5.11. The van der Waals surface area contributed by atoms with E-state index in [1.807, 2.05) is 0 Å². The Hall–Kier alpha value is -0.590. The molecule has 0 aliphatic heterocycles. The zero-order valence-corrected chi connectivity index (χ0v) is 7.39. The molecule has 0 aliphatic carbocycles. The topological polar surface area (TPSA) is 29.5 Å². The average molecular weight is 196 g/mol. The first kappa shape index (κ1) is 10.4. The van der Waals surface area contributed by atoms with Crippen LogP contribution in [0.3, 0.4) is 0 Å². The molecule has 1 atom stereocenters. The molecular formula is C6H7Cl2NO2. The van der Waals surface area contributed by atoms with Gasteiger partial charge in [-0.2, -0.15) is 0 Å². The van der Waals surface area contributed by atoms with Crippen molar-refractivity contribution in [3.8, 4) is 12.3 Å². The molecule has 1 amide bonds. The Morgan fingerprint density at radius 1 is 1.91 bits per heavy atom. The minimum Gasteiger partial charge on any atom is -0.452 e. The molecule has 0 fully saturated rings. The number of carbonyl (C=O) groups is 1. The van der Waals surface area contributed by atoms with Crippen LogP contribution in [0.4, 0.5) is 4.79 Å². The number of rotatable bonds is 2. The summed E-state index contributed by atoms with van der Waals surface area (Å²) in [6.07, 6.45) is 4.27. The van der Waals surface area contributed by atoms with Gasteiger partial charge < -0.3 is 4.74 Å². The van der Waals surface area contributed by atoms with Gasteiger partial charge in [0.1, 0.15) is 5.38 Å². The molecule has 0 aromatic heterocycles. The normalized spacial score (nSPS) is 11.5. The van der Waals surface area contributed by atoms with E-state index in [1.54, 1.807) is 0 Å². The number of alkyl halides is 1. The lowest BCUT2D eigenvalue weighted by Gasteiger charge is -2.12. The van der Waals surface area contributed by atoms with Crippen molar-refractivity contribution >= 4 is 29.5 Å². The summed E-state index contributed by atoms with van der Waals surface area (Å²) in [5.74, 6) is 2.21. The lowest BCUT2D eigenvalue weighted by Crippen LogP contribution is -2.27. The van der Waals surface area contributed by atoms with Crippen LogP contribution in [0, 0.1) is 12.3 Å². The van der Waals surface area contributed by atoms with Crippen LogP contribution < -0.4 is 0 Å². The van der Waals surface area contributed by atoms with E-state index in [-0.39, 0.29) is 6.54 Å². The highest BCUT2D eigenvalue weighted by Crippen LogP contribution is 2.03. The van der Waals surface area contributed by atoms with Crippen molar-refractivity contribution in [2.45, 2.75) is 5.38 Å². The van der Waals surface area contributed by atoms with Gasteiger partial charge in [-0.15, -0.1) is 18.0 Å². The van der Waals surface area contributed by atoms with Gasteiger partial charge in [-0.3, -0.25) is 0 Å². The first-order valence-corrected chi connectivity index (χ1v) is 3.50. The fraction of sp³-hybridized carbons (Fsp3) is 0.500. The lowest BCUT2D eigenvalue weighted by molar-refractivity contribution is 0.150. The second-order valence-corrected chi connectivity index (χ2v) is 2.58. The van der Waals surface area contributed by atoms with E-state index in [1.165, 1.54) is 7.11 Å². The SMILES string of the molecule is C#CC(Cl)CN(Cl)C(=O)OC. The van der Waals surface area contributed by atoms with Crippen LogP contribution in [0.2, 0.25) is 0 Å². The Balaban J connectivity index is 3.79. The second-order valence-electron chi connectivity index (χ2n) is 1.65. The van der Waals surface area contributed by atoms with Gasteiger partial charge in [0.2, 0.25) is 0 Å². The molecule has 0 aromatic rings. The molecule has 0 saturated heterocycles. The zero-order chi connectivity index (χ0) is 8.85. The van der Waals surface area contributed by atoms with Crippen molar-refractivity contribution in [1.82, 2.24) is 4.42 Å². The molecule has 0 saturated carbocycles. The predicted octanol–water partition coefficient (Wildman–Crippen LogP) is 1.45. The van der Waals surface area contributed by atoms with E-state index in [4.69, 9.17) is 29.8 Å². The molecule has 0 N–H and O–H groups in total. The Morgan fingerprint density at radius 2 is 2.45 bits per heavy atom. The third-order valence-corrected chi connectivity index (χ3v) is 1.41. The smallest absolute Gasteiger partial charge is 0.424 e. The molecule has 62 valence electrons. The standard InChI is InChI=1S/C6H7Cl2NO2/c1-3-5(7)4-9(8)6(10)11-2/h1,5H,4H2,2H3. The molecule has 0 rings (SSSR count). The van der Waals surface area contributed by atoms with Crippen LogP contribution in [0.5, 0.6) is 0 Å². The number of ether oxygens (including phenoxy) is 1. The van der Waals surface area contributed by atoms with Crippen LogP contribution >= 0.6 is 23.4 Å². The molecule has 11 heavy (non-hydrogen) atoms. The van der Waals surface area contributed by atoms with Gasteiger partial charge in [-0.25, -0.2) is 9.21 Å². The molecule has 1 unspecified atom stereocenters. The highest BCUT2D eigenvalue weighted by Gasteiger charge is 2.13. The summed E-state index contributed by atoms with van der Waals surface area (Å²) in [5, 5.41) is -0.591. The van der Waals surface area contributed by atoms with E-state index in [9.17, 15) is 4.79 Å². The second kappa shape index (κ2) is 5.11. The molecule has 0 radical (unpaired) electrons. The maximum atomic E-state index is 10.6. The molecule has 5 heteroatoms. The number of hydrogen-bond donors (Lipinski definition) is 0. The van der Waals surface area contributed by atoms with Crippen molar-refractivity contribution in [3.05, 3.63) is 0 Å². The number of terminal acetylenes is 1.